The van der Waals surface area contributed by atoms with Crippen molar-refractivity contribution in [2.24, 2.45) is 16.7 Å². The molecule has 0 heteroatoms. The topological polar surface area (TPSA) is 0 Å². The first kappa shape index (κ1) is 29.6. The van der Waals surface area contributed by atoms with Crippen LogP contribution in [0.1, 0.15) is 100.0 Å². The summed E-state index contributed by atoms with van der Waals surface area (Å²) >= 11 is 0. The number of allylic oxidation sites excluding steroid dienone is 4. The third kappa shape index (κ3) is 10.7. The summed E-state index contributed by atoms with van der Waals surface area (Å²) in [5.41, 5.74) is 3.50. The van der Waals surface area contributed by atoms with Crippen molar-refractivity contribution >= 4 is 0 Å². The molecule has 0 fully saturated rings. The molecule has 1 rings (SSSR count). The van der Waals surface area contributed by atoms with Crippen molar-refractivity contribution in [2.45, 2.75) is 94.4 Å². The fraction of sp³-hybridized carbons (Fsp3) is 0.586. The van der Waals surface area contributed by atoms with E-state index in [0.717, 1.165) is 6.42 Å². The van der Waals surface area contributed by atoms with Crippen LogP contribution in [0.25, 0.3) is 0 Å². The highest BCUT2D eigenvalue weighted by atomic mass is 14.3. The van der Waals surface area contributed by atoms with Crippen LogP contribution < -0.4 is 0 Å². The van der Waals surface area contributed by atoms with Gasteiger partial charge in [-0.25, -0.2) is 0 Å². The number of hydrogen-bond donors (Lipinski definition) is 0. The molecule has 166 valence electrons. The first-order valence-electron chi connectivity index (χ1n) is 11.6. The van der Waals surface area contributed by atoms with E-state index in [0.29, 0.717) is 22.7 Å². The molecular weight excluding hydrogens is 348 g/mol. The van der Waals surface area contributed by atoms with E-state index in [1.165, 1.54) is 24.0 Å². The Morgan fingerprint density at radius 3 is 1.72 bits per heavy atom. The van der Waals surface area contributed by atoms with Gasteiger partial charge < -0.3 is 0 Å². The van der Waals surface area contributed by atoms with Gasteiger partial charge in [-0.3, -0.25) is 0 Å². The molecule has 0 amide bonds. The predicted octanol–water partition coefficient (Wildman–Crippen LogP) is 10.00. The van der Waals surface area contributed by atoms with E-state index in [4.69, 9.17) is 0 Å². The van der Waals surface area contributed by atoms with Gasteiger partial charge in [0, 0.05) is 0 Å². The minimum Gasteiger partial charge on any atom is -0.0991 e. The molecule has 29 heavy (non-hydrogen) atoms. The van der Waals surface area contributed by atoms with Crippen LogP contribution in [-0.2, 0) is 0 Å². The fourth-order valence-electron chi connectivity index (χ4n) is 3.98. The summed E-state index contributed by atoms with van der Waals surface area (Å²) in [4.78, 5) is 0. The van der Waals surface area contributed by atoms with Gasteiger partial charge in [-0.1, -0.05) is 137 Å². The average molecular weight is 399 g/mol. The molecule has 0 aliphatic heterocycles. The van der Waals surface area contributed by atoms with Crippen LogP contribution in [0.5, 0.6) is 0 Å². The zero-order valence-corrected chi connectivity index (χ0v) is 21.3. The number of hydrogen-bond acceptors (Lipinski definition) is 0. The molecule has 0 aliphatic rings. The second kappa shape index (κ2) is 15.3. The van der Waals surface area contributed by atoms with Crippen LogP contribution in [0.2, 0.25) is 0 Å². The zero-order valence-electron chi connectivity index (χ0n) is 21.3. The predicted molar refractivity (Wildman–Crippen MR) is 137 cm³/mol. The van der Waals surface area contributed by atoms with Crippen molar-refractivity contribution in [3.8, 4) is 0 Å². The maximum Gasteiger partial charge on any atom is -0.0113 e. The maximum absolute atomic E-state index is 3.85. The van der Waals surface area contributed by atoms with Crippen LogP contribution in [-0.4, -0.2) is 0 Å². The van der Waals surface area contributed by atoms with Gasteiger partial charge in [0.05, 0.1) is 0 Å². The molecule has 0 spiro atoms. The summed E-state index contributed by atoms with van der Waals surface area (Å²) in [6.45, 7) is 29.9. The van der Waals surface area contributed by atoms with E-state index < -0.39 is 0 Å². The van der Waals surface area contributed by atoms with Crippen molar-refractivity contribution in [1.29, 1.82) is 0 Å². The van der Waals surface area contributed by atoms with E-state index in [1.807, 2.05) is 26.0 Å². The highest BCUT2D eigenvalue weighted by Gasteiger charge is 2.27. The number of rotatable bonds is 8. The van der Waals surface area contributed by atoms with Crippen molar-refractivity contribution in [2.75, 3.05) is 0 Å². The van der Waals surface area contributed by atoms with Crippen LogP contribution in [0.4, 0.5) is 0 Å². The molecule has 0 saturated carbocycles. The van der Waals surface area contributed by atoms with E-state index in [1.54, 1.807) is 0 Å². The summed E-state index contributed by atoms with van der Waals surface area (Å²) in [6.07, 6.45) is 9.46. The lowest BCUT2D eigenvalue weighted by Crippen LogP contribution is -2.21. The zero-order chi connectivity index (χ0) is 23.1. The van der Waals surface area contributed by atoms with E-state index in [9.17, 15) is 0 Å². The minimum absolute atomic E-state index is 0.303. The Bertz CT molecular complexity index is 566. The third-order valence-corrected chi connectivity index (χ3v) is 5.87. The lowest BCUT2D eigenvalue weighted by Gasteiger charge is -2.33. The molecule has 1 aromatic rings. The van der Waals surface area contributed by atoms with Gasteiger partial charge in [-0.15, -0.1) is 0 Å². The summed E-state index contributed by atoms with van der Waals surface area (Å²) in [6, 6.07) is 10.9. The molecule has 1 aromatic carbocycles. The van der Waals surface area contributed by atoms with Gasteiger partial charge in [-0.05, 0) is 46.6 Å². The molecule has 2 unspecified atom stereocenters. The molecule has 0 saturated heterocycles. The van der Waals surface area contributed by atoms with E-state index >= 15 is 0 Å². The summed E-state index contributed by atoms with van der Waals surface area (Å²) in [5.74, 6) is 1.26. The maximum atomic E-state index is 3.85. The quantitative estimate of drug-likeness (QED) is 0.382. The first-order chi connectivity index (χ1) is 13.6. The molecule has 0 heterocycles. The highest BCUT2D eigenvalue weighted by molar-refractivity contribution is 5.25. The molecule has 0 nitrogen and oxygen atoms in total. The number of benzene rings is 1. The molecule has 0 bridgehead atoms. The fourth-order valence-corrected chi connectivity index (χ4v) is 3.98. The Hall–Kier alpha value is -1.56. The standard InChI is InChI=1S/C14H22.C13H22.C2H6/c1-5-13(14(3,4)6-2)12-10-8-7-9-11-12;1-7-10-11(8-2)12(9-3)13(4,5)6;1-2/h7-11,13H,5-6H2,1-4H3;7-8,10,12H,1-2,9H2,3-6H3;1-2H3/b;11-10+;. The Morgan fingerprint density at radius 2 is 1.41 bits per heavy atom. The molecular formula is C29H50. The SMILES string of the molecule is C=C/C=C(\C=C)C(CC)C(C)(C)C.CC.CCC(c1ccccc1)C(C)(C)CC. The summed E-state index contributed by atoms with van der Waals surface area (Å²) in [7, 11) is 0. The Balaban J connectivity index is 0. The smallest absolute Gasteiger partial charge is 0.0113 e. The lowest BCUT2D eigenvalue weighted by atomic mass is 9.72. The summed E-state index contributed by atoms with van der Waals surface area (Å²) in [5, 5.41) is 0. The van der Waals surface area contributed by atoms with Gasteiger partial charge in [0.25, 0.3) is 0 Å². The van der Waals surface area contributed by atoms with Crippen molar-refractivity contribution in [3.05, 3.63) is 72.9 Å². The summed E-state index contributed by atoms with van der Waals surface area (Å²) < 4.78 is 0. The highest BCUT2D eigenvalue weighted by Crippen LogP contribution is 2.40. The Labute approximate surface area is 184 Å². The lowest BCUT2D eigenvalue weighted by molar-refractivity contribution is 0.267. The molecule has 0 aromatic heterocycles. The van der Waals surface area contributed by atoms with Crippen LogP contribution in [0.15, 0.2) is 67.3 Å². The van der Waals surface area contributed by atoms with Crippen molar-refractivity contribution < 1.29 is 0 Å². The Kier molecular flexibility index (Phi) is 15.6. The van der Waals surface area contributed by atoms with Crippen LogP contribution in [0, 0.1) is 16.7 Å². The molecule has 0 N–H and O–H groups in total. The van der Waals surface area contributed by atoms with E-state index in [2.05, 4.69) is 105 Å². The molecule has 2 atom stereocenters. The second-order valence-corrected chi connectivity index (χ2v) is 9.15. The minimum atomic E-state index is 0.303. The van der Waals surface area contributed by atoms with Gasteiger partial charge in [0.2, 0.25) is 0 Å². The van der Waals surface area contributed by atoms with Gasteiger partial charge >= 0.3 is 0 Å². The third-order valence-electron chi connectivity index (χ3n) is 5.87. The van der Waals surface area contributed by atoms with Gasteiger partial charge in [0.1, 0.15) is 0 Å². The van der Waals surface area contributed by atoms with Crippen LogP contribution >= 0.6 is 0 Å². The monoisotopic (exact) mass is 398 g/mol. The van der Waals surface area contributed by atoms with Gasteiger partial charge in [0.15, 0.2) is 0 Å². The largest absolute Gasteiger partial charge is 0.0991 e. The second-order valence-electron chi connectivity index (χ2n) is 9.15. The molecule has 0 radical (unpaired) electrons. The van der Waals surface area contributed by atoms with Gasteiger partial charge in [-0.2, -0.15) is 0 Å². The Morgan fingerprint density at radius 1 is 0.897 bits per heavy atom. The van der Waals surface area contributed by atoms with E-state index in [-0.39, 0.29) is 0 Å². The van der Waals surface area contributed by atoms with Crippen molar-refractivity contribution in [1.82, 2.24) is 0 Å². The van der Waals surface area contributed by atoms with Crippen LogP contribution in [0.3, 0.4) is 0 Å². The molecule has 0 aliphatic carbocycles. The average Bonchev–Trinajstić information content (AvgIpc) is 2.70. The normalized spacial score (nSPS) is 13.8. The first-order valence-corrected chi connectivity index (χ1v) is 11.6. The van der Waals surface area contributed by atoms with Crippen molar-refractivity contribution in [3.63, 3.8) is 0 Å².